The highest BCUT2D eigenvalue weighted by molar-refractivity contribution is 5.71. The number of carbonyl (C=O) groups excluding carboxylic acids is 3. The van der Waals surface area contributed by atoms with E-state index >= 15 is 0 Å². The zero-order valence-corrected chi connectivity index (χ0v) is 41.1. The van der Waals surface area contributed by atoms with E-state index in [0.717, 1.165) is 77.0 Å². The number of carbonyl (C=O) groups is 3. The predicted octanol–water partition coefficient (Wildman–Crippen LogP) is 17.5. The maximum Gasteiger partial charge on any atom is 0.306 e. The molecule has 0 aliphatic heterocycles. The molecular weight excluding hydrogens is 769 g/mol. The van der Waals surface area contributed by atoms with Crippen molar-refractivity contribution < 1.29 is 28.6 Å². The number of allylic oxidation sites excluding steroid dienone is 8. The number of hydrogen-bond acceptors (Lipinski definition) is 6. The summed E-state index contributed by atoms with van der Waals surface area (Å²) in [6.07, 6.45) is 61.1. The van der Waals surface area contributed by atoms with Crippen LogP contribution in [0.4, 0.5) is 0 Å². The number of unbranched alkanes of at least 4 members (excludes halogenated alkanes) is 29. The van der Waals surface area contributed by atoms with Gasteiger partial charge in [-0.15, -0.1) is 0 Å². The van der Waals surface area contributed by atoms with Crippen molar-refractivity contribution in [2.75, 3.05) is 13.2 Å². The van der Waals surface area contributed by atoms with Crippen molar-refractivity contribution in [3.8, 4) is 0 Å². The summed E-state index contributed by atoms with van der Waals surface area (Å²) in [6.45, 7) is 6.49. The van der Waals surface area contributed by atoms with Crippen molar-refractivity contribution in [1.29, 1.82) is 0 Å². The van der Waals surface area contributed by atoms with Crippen LogP contribution < -0.4 is 0 Å². The van der Waals surface area contributed by atoms with E-state index in [1.54, 1.807) is 0 Å². The molecule has 0 N–H and O–H groups in total. The second-order valence-electron chi connectivity index (χ2n) is 17.8. The van der Waals surface area contributed by atoms with Crippen LogP contribution in [0.1, 0.15) is 271 Å². The second-order valence-corrected chi connectivity index (χ2v) is 17.8. The summed E-state index contributed by atoms with van der Waals surface area (Å²) in [4.78, 5) is 37.9. The Morgan fingerprint density at radius 2 is 0.645 bits per heavy atom. The highest BCUT2D eigenvalue weighted by Gasteiger charge is 2.19. The summed E-state index contributed by atoms with van der Waals surface area (Å²) in [6, 6.07) is 0. The molecule has 1 unspecified atom stereocenters. The molecule has 360 valence electrons. The van der Waals surface area contributed by atoms with E-state index in [1.165, 1.54) is 154 Å². The lowest BCUT2D eigenvalue weighted by Crippen LogP contribution is -2.30. The molecule has 6 heteroatoms. The minimum absolute atomic E-state index is 0.0820. The van der Waals surface area contributed by atoms with Crippen molar-refractivity contribution in [3.05, 3.63) is 48.6 Å². The van der Waals surface area contributed by atoms with E-state index in [2.05, 4.69) is 69.4 Å². The molecule has 62 heavy (non-hydrogen) atoms. The molecule has 0 aromatic carbocycles. The Morgan fingerprint density at radius 3 is 1.08 bits per heavy atom. The first kappa shape index (κ1) is 59.4. The summed E-state index contributed by atoms with van der Waals surface area (Å²) < 4.78 is 16.8. The SMILES string of the molecule is CC/C=C\C/C=C\C/C=C\CCCCCCCCCCCC(=O)OCC(COC(=O)CCC/C=C\CCCCCC)OC(=O)CCCCCCCCCCCCCCCCCC. The lowest BCUT2D eigenvalue weighted by Gasteiger charge is -2.18. The van der Waals surface area contributed by atoms with E-state index in [9.17, 15) is 14.4 Å². The highest BCUT2D eigenvalue weighted by Crippen LogP contribution is 2.16. The lowest BCUT2D eigenvalue weighted by atomic mass is 10.0. The van der Waals surface area contributed by atoms with Gasteiger partial charge in [0.25, 0.3) is 0 Å². The van der Waals surface area contributed by atoms with E-state index in [-0.39, 0.29) is 31.1 Å². The van der Waals surface area contributed by atoms with Gasteiger partial charge in [0.2, 0.25) is 0 Å². The molecule has 0 rings (SSSR count). The summed E-state index contributed by atoms with van der Waals surface area (Å²) >= 11 is 0. The van der Waals surface area contributed by atoms with Gasteiger partial charge in [-0.3, -0.25) is 14.4 Å². The smallest absolute Gasteiger partial charge is 0.306 e. The molecular formula is C56H100O6. The van der Waals surface area contributed by atoms with Crippen LogP contribution in [0, 0.1) is 0 Å². The van der Waals surface area contributed by atoms with Crippen LogP contribution >= 0.6 is 0 Å². The van der Waals surface area contributed by atoms with E-state index in [0.29, 0.717) is 19.3 Å². The Morgan fingerprint density at radius 1 is 0.339 bits per heavy atom. The molecule has 0 radical (unpaired) electrons. The average molecular weight is 869 g/mol. The largest absolute Gasteiger partial charge is 0.462 e. The van der Waals surface area contributed by atoms with Crippen LogP contribution in [0.5, 0.6) is 0 Å². The molecule has 0 saturated heterocycles. The summed E-state index contributed by atoms with van der Waals surface area (Å²) in [5, 5.41) is 0. The van der Waals surface area contributed by atoms with Crippen molar-refractivity contribution in [2.24, 2.45) is 0 Å². The van der Waals surface area contributed by atoms with E-state index in [1.807, 2.05) is 0 Å². The quantitative estimate of drug-likeness (QED) is 0.0262. The molecule has 0 heterocycles. The van der Waals surface area contributed by atoms with Gasteiger partial charge in [-0.05, 0) is 70.6 Å². The zero-order valence-electron chi connectivity index (χ0n) is 41.1. The van der Waals surface area contributed by atoms with Gasteiger partial charge in [-0.25, -0.2) is 0 Å². The van der Waals surface area contributed by atoms with Gasteiger partial charge < -0.3 is 14.2 Å². The Hall–Kier alpha value is -2.63. The fourth-order valence-electron chi connectivity index (χ4n) is 7.58. The fraction of sp³-hybridized carbons (Fsp3) is 0.804. The number of rotatable bonds is 48. The third-order valence-electron chi connectivity index (χ3n) is 11.6. The van der Waals surface area contributed by atoms with Gasteiger partial charge >= 0.3 is 17.9 Å². The van der Waals surface area contributed by atoms with Gasteiger partial charge in [0.05, 0.1) is 0 Å². The Bertz CT molecular complexity index is 1090. The predicted molar refractivity (Wildman–Crippen MR) is 265 cm³/mol. The van der Waals surface area contributed by atoms with Crippen LogP contribution in [-0.4, -0.2) is 37.2 Å². The number of esters is 3. The lowest BCUT2D eigenvalue weighted by molar-refractivity contribution is -0.167. The normalized spacial score (nSPS) is 12.4. The molecule has 0 bridgehead atoms. The van der Waals surface area contributed by atoms with Crippen LogP contribution in [0.15, 0.2) is 48.6 Å². The first-order valence-corrected chi connectivity index (χ1v) is 26.6. The Balaban J connectivity index is 4.29. The van der Waals surface area contributed by atoms with Gasteiger partial charge in [-0.1, -0.05) is 230 Å². The zero-order chi connectivity index (χ0) is 45.1. The molecule has 0 saturated carbocycles. The molecule has 0 aliphatic carbocycles. The van der Waals surface area contributed by atoms with Gasteiger partial charge in [0.15, 0.2) is 6.10 Å². The van der Waals surface area contributed by atoms with Crippen LogP contribution in [0.3, 0.4) is 0 Å². The molecule has 0 aromatic heterocycles. The minimum atomic E-state index is -0.782. The Labute approximate surface area is 384 Å². The second kappa shape index (κ2) is 51.0. The van der Waals surface area contributed by atoms with E-state index in [4.69, 9.17) is 14.2 Å². The third kappa shape index (κ3) is 48.4. The van der Waals surface area contributed by atoms with E-state index < -0.39 is 6.10 Å². The average Bonchev–Trinajstić information content (AvgIpc) is 3.27. The Kier molecular flexibility index (Phi) is 48.8. The van der Waals surface area contributed by atoms with Crippen LogP contribution in [0.25, 0.3) is 0 Å². The van der Waals surface area contributed by atoms with Crippen molar-refractivity contribution in [1.82, 2.24) is 0 Å². The maximum absolute atomic E-state index is 12.8. The van der Waals surface area contributed by atoms with Crippen molar-refractivity contribution >= 4 is 17.9 Å². The van der Waals surface area contributed by atoms with Crippen molar-refractivity contribution in [3.63, 3.8) is 0 Å². The summed E-state index contributed by atoms with van der Waals surface area (Å²) in [5.41, 5.74) is 0. The molecule has 6 nitrogen and oxygen atoms in total. The highest BCUT2D eigenvalue weighted by atomic mass is 16.6. The minimum Gasteiger partial charge on any atom is -0.462 e. The molecule has 0 amide bonds. The molecule has 1 atom stereocenters. The van der Waals surface area contributed by atoms with Crippen LogP contribution in [-0.2, 0) is 28.6 Å². The molecule has 0 fully saturated rings. The van der Waals surface area contributed by atoms with Gasteiger partial charge in [0, 0.05) is 19.3 Å². The molecule has 0 aliphatic rings. The molecule has 0 aromatic rings. The maximum atomic E-state index is 12.8. The number of ether oxygens (including phenoxy) is 3. The third-order valence-corrected chi connectivity index (χ3v) is 11.6. The standard InChI is InChI=1S/C56H100O6/c1-4-7-10-13-16-19-21-23-25-27-28-29-31-32-34-37-40-43-46-49-55(58)61-52-53(51-60-54(57)48-45-42-39-36-18-15-12-9-6-3)62-56(59)50-47-44-41-38-35-33-30-26-24-22-20-17-14-11-8-5-2/h7,10,16,19,23,25,36,39,53H,4-6,8-9,11-15,17-18,20-22,24,26-35,37-38,40-52H2,1-3H3/b10-7-,19-16-,25-23-,39-36-. The van der Waals surface area contributed by atoms with Crippen LogP contribution in [0.2, 0.25) is 0 Å². The molecule has 0 spiro atoms. The van der Waals surface area contributed by atoms with Crippen molar-refractivity contribution in [2.45, 2.75) is 277 Å². The number of hydrogen-bond donors (Lipinski definition) is 0. The topological polar surface area (TPSA) is 78.9 Å². The monoisotopic (exact) mass is 869 g/mol. The summed E-state index contributed by atoms with van der Waals surface area (Å²) in [7, 11) is 0. The fourth-order valence-corrected chi connectivity index (χ4v) is 7.58. The van der Waals surface area contributed by atoms with Gasteiger partial charge in [0.1, 0.15) is 13.2 Å². The first-order valence-electron chi connectivity index (χ1n) is 26.6. The summed E-state index contributed by atoms with van der Waals surface area (Å²) in [5.74, 6) is -0.914. The first-order chi connectivity index (χ1) is 30.5. The van der Waals surface area contributed by atoms with Gasteiger partial charge in [-0.2, -0.15) is 0 Å².